The average Bonchev–Trinajstić information content (AvgIpc) is 3.13. The lowest BCUT2D eigenvalue weighted by Gasteiger charge is -2.27. The number of ether oxygens (including phenoxy) is 3. The Labute approximate surface area is 203 Å². The van der Waals surface area contributed by atoms with Crippen molar-refractivity contribution in [1.29, 1.82) is 0 Å². The Kier molecular flexibility index (Phi) is 6.73. The van der Waals surface area contributed by atoms with Gasteiger partial charge in [0.15, 0.2) is 11.5 Å². The van der Waals surface area contributed by atoms with Gasteiger partial charge in [-0.2, -0.15) is 0 Å². The van der Waals surface area contributed by atoms with Crippen LogP contribution in [0.3, 0.4) is 0 Å². The van der Waals surface area contributed by atoms with Crippen molar-refractivity contribution in [3.8, 4) is 17.2 Å². The van der Waals surface area contributed by atoms with E-state index >= 15 is 0 Å². The number of amides is 1. The number of aliphatic hydroxyl groups excluding tert-OH is 1. The molecule has 2 heterocycles. The van der Waals surface area contributed by atoms with Gasteiger partial charge in [-0.3, -0.25) is 14.6 Å². The van der Waals surface area contributed by atoms with E-state index in [0.717, 1.165) is 5.56 Å². The molecule has 1 fully saturated rings. The highest BCUT2D eigenvalue weighted by atomic mass is 16.5. The molecule has 1 atom stereocenters. The minimum Gasteiger partial charge on any atom is -0.507 e. The number of ketones is 1. The number of para-hydroxylation sites is 1. The molecule has 1 unspecified atom stereocenters. The van der Waals surface area contributed by atoms with E-state index in [4.69, 9.17) is 14.2 Å². The maximum atomic E-state index is 13.4. The molecule has 1 saturated heterocycles. The van der Waals surface area contributed by atoms with Gasteiger partial charge in [-0.15, -0.1) is 0 Å². The Hall–Kier alpha value is -4.33. The molecule has 35 heavy (non-hydrogen) atoms. The van der Waals surface area contributed by atoms with Crippen LogP contribution in [0, 0.1) is 6.92 Å². The number of carbonyl (C=O) groups is 2. The Morgan fingerprint density at radius 3 is 2.46 bits per heavy atom. The molecular weight excluding hydrogens is 448 g/mol. The standard InChI is InChI=1S/C27H26N2O6/c1-16-13-18(33-2)10-11-19(16)24(30)22-23(20-8-5-9-21(34-3)26(20)35-4)29(27(32)25(22)31)15-17-7-6-12-28-14-17/h5-14,23,30H,15H2,1-4H3. The first kappa shape index (κ1) is 23.8. The maximum absolute atomic E-state index is 13.4. The summed E-state index contributed by atoms with van der Waals surface area (Å²) in [5.74, 6) is -0.352. The fraction of sp³-hybridized carbons (Fsp3) is 0.222. The van der Waals surface area contributed by atoms with Gasteiger partial charge in [-0.05, 0) is 48.4 Å². The second kappa shape index (κ2) is 9.89. The van der Waals surface area contributed by atoms with Gasteiger partial charge in [-0.1, -0.05) is 18.2 Å². The first-order valence-electron chi connectivity index (χ1n) is 10.9. The number of Topliss-reactive ketones (excluding diaryl/α,β-unsaturated/α-hetero) is 1. The predicted octanol–water partition coefficient (Wildman–Crippen LogP) is 4.04. The van der Waals surface area contributed by atoms with E-state index in [1.807, 2.05) is 6.07 Å². The molecule has 2 aromatic carbocycles. The largest absolute Gasteiger partial charge is 0.507 e. The van der Waals surface area contributed by atoms with Crippen LogP contribution < -0.4 is 14.2 Å². The number of rotatable bonds is 7. The maximum Gasteiger partial charge on any atom is 0.295 e. The van der Waals surface area contributed by atoms with Crippen LogP contribution in [-0.2, 0) is 16.1 Å². The second-order valence-corrected chi connectivity index (χ2v) is 8.05. The molecule has 0 saturated carbocycles. The molecule has 3 aromatic rings. The van der Waals surface area contributed by atoms with Crippen LogP contribution in [0.15, 0.2) is 66.5 Å². The summed E-state index contributed by atoms with van der Waals surface area (Å²) >= 11 is 0. The molecule has 8 heteroatoms. The molecule has 180 valence electrons. The molecule has 1 aliphatic rings. The zero-order chi connectivity index (χ0) is 25.1. The van der Waals surface area contributed by atoms with E-state index in [1.165, 1.54) is 19.1 Å². The zero-order valence-corrected chi connectivity index (χ0v) is 19.9. The summed E-state index contributed by atoms with van der Waals surface area (Å²) in [6.45, 7) is 1.91. The minimum absolute atomic E-state index is 0.0290. The van der Waals surface area contributed by atoms with Crippen molar-refractivity contribution in [3.63, 3.8) is 0 Å². The van der Waals surface area contributed by atoms with Crippen molar-refractivity contribution in [3.05, 3.63) is 88.8 Å². The number of carbonyl (C=O) groups excluding carboxylic acids is 2. The topological polar surface area (TPSA) is 98.2 Å². The Bertz CT molecular complexity index is 1300. The number of nitrogens with zero attached hydrogens (tertiary/aromatic N) is 2. The van der Waals surface area contributed by atoms with Crippen LogP contribution in [0.1, 0.15) is 28.3 Å². The summed E-state index contributed by atoms with van der Waals surface area (Å²) in [4.78, 5) is 32.2. The highest BCUT2D eigenvalue weighted by Crippen LogP contribution is 2.46. The molecule has 0 bridgehead atoms. The van der Waals surface area contributed by atoms with E-state index in [9.17, 15) is 14.7 Å². The van der Waals surface area contributed by atoms with Crippen molar-refractivity contribution in [2.45, 2.75) is 19.5 Å². The first-order chi connectivity index (χ1) is 16.9. The lowest BCUT2D eigenvalue weighted by Crippen LogP contribution is -2.29. The van der Waals surface area contributed by atoms with Crippen molar-refractivity contribution in [2.75, 3.05) is 21.3 Å². The summed E-state index contributed by atoms with van der Waals surface area (Å²) in [7, 11) is 4.55. The van der Waals surface area contributed by atoms with Crippen LogP contribution >= 0.6 is 0 Å². The van der Waals surface area contributed by atoms with Crippen LogP contribution in [-0.4, -0.2) is 48.0 Å². The number of likely N-dealkylation sites (tertiary alicyclic amines) is 1. The number of aromatic nitrogens is 1. The highest BCUT2D eigenvalue weighted by Gasteiger charge is 2.47. The molecule has 0 radical (unpaired) electrons. The third-order valence-electron chi connectivity index (χ3n) is 6.03. The Morgan fingerprint density at radius 1 is 1.03 bits per heavy atom. The zero-order valence-electron chi connectivity index (χ0n) is 19.9. The average molecular weight is 475 g/mol. The third kappa shape index (κ3) is 4.30. The fourth-order valence-corrected chi connectivity index (χ4v) is 4.36. The molecule has 4 rings (SSSR count). The number of hydrogen-bond acceptors (Lipinski definition) is 7. The quantitative estimate of drug-likeness (QED) is 0.314. The van der Waals surface area contributed by atoms with Crippen LogP contribution in [0.4, 0.5) is 0 Å². The minimum atomic E-state index is -0.915. The monoisotopic (exact) mass is 474 g/mol. The van der Waals surface area contributed by atoms with Crippen molar-refractivity contribution >= 4 is 17.4 Å². The lowest BCUT2D eigenvalue weighted by atomic mass is 9.93. The molecule has 0 spiro atoms. The molecule has 0 aliphatic carbocycles. The van der Waals surface area contributed by atoms with Gasteiger partial charge in [0.2, 0.25) is 0 Å². The van der Waals surface area contributed by atoms with Gasteiger partial charge < -0.3 is 24.2 Å². The number of aliphatic hydroxyl groups is 1. The van der Waals surface area contributed by atoms with Crippen molar-refractivity contribution in [2.24, 2.45) is 0 Å². The summed E-state index contributed by atoms with van der Waals surface area (Å²) in [6.07, 6.45) is 3.26. The molecular formula is C27H26N2O6. The number of methoxy groups -OCH3 is 3. The van der Waals surface area contributed by atoms with Gasteiger partial charge in [0.25, 0.3) is 11.7 Å². The van der Waals surface area contributed by atoms with E-state index in [2.05, 4.69) is 4.98 Å². The number of aryl methyl sites for hydroxylation is 1. The van der Waals surface area contributed by atoms with E-state index in [1.54, 1.807) is 68.9 Å². The highest BCUT2D eigenvalue weighted by molar-refractivity contribution is 6.46. The molecule has 1 amide bonds. The summed E-state index contributed by atoms with van der Waals surface area (Å²) in [6, 6.07) is 13.0. The molecule has 8 nitrogen and oxygen atoms in total. The smallest absolute Gasteiger partial charge is 0.295 e. The Balaban J connectivity index is 1.95. The molecule has 1 N–H and O–H groups in total. The Morgan fingerprint density at radius 2 is 1.83 bits per heavy atom. The van der Waals surface area contributed by atoms with Crippen LogP contribution in [0.25, 0.3) is 5.76 Å². The summed E-state index contributed by atoms with van der Waals surface area (Å²) in [5.41, 5.74) is 2.34. The number of benzene rings is 2. The van der Waals surface area contributed by atoms with Gasteiger partial charge >= 0.3 is 0 Å². The first-order valence-corrected chi connectivity index (χ1v) is 10.9. The van der Waals surface area contributed by atoms with Gasteiger partial charge in [-0.25, -0.2) is 0 Å². The van der Waals surface area contributed by atoms with E-state index in [0.29, 0.717) is 33.9 Å². The summed E-state index contributed by atoms with van der Waals surface area (Å²) < 4.78 is 16.3. The van der Waals surface area contributed by atoms with Crippen molar-refractivity contribution < 1.29 is 28.9 Å². The van der Waals surface area contributed by atoms with E-state index < -0.39 is 17.7 Å². The second-order valence-electron chi connectivity index (χ2n) is 8.05. The van der Waals surface area contributed by atoms with Crippen molar-refractivity contribution in [1.82, 2.24) is 9.88 Å². The third-order valence-corrected chi connectivity index (χ3v) is 6.03. The van der Waals surface area contributed by atoms with Gasteiger partial charge in [0.1, 0.15) is 11.5 Å². The SMILES string of the molecule is COc1ccc(C(O)=C2C(=O)C(=O)N(Cc3cccnc3)C2c2cccc(OC)c2OC)c(C)c1. The number of hydrogen-bond donors (Lipinski definition) is 1. The normalized spacial score (nSPS) is 16.9. The van der Waals surface area contributed by atoms with Crippen LogP contribution in [0.5, 0.6) is 17.2 Å². The number of pyridine rings is 1. The predicted molar refractivity (Wildman–Crippen MR) is 129 cm³/mol. The lowest BCUT2D eigenvalue weighted by molar-refractivity contribution is -0.140. The molecule has 1 aromatic heterocycles. The fourth-order valence-electron chi connectivity index (χ4n) is 4.36. The summed E-state index contributed by atoms with van der Waals surface area (Å²) in [5, 5.41) is 11.4. The van der Waals surface area contributed by atoms with Gasteiger partial charge in [0, 0.05) is 30.1 Å². The molecule has 1 aliphatic heterocycles. The van der Waals surface area contributed by atoms with Crippen LogP contribution in [0.2, 0.25) is 0 Å². The van der Waals surface area contributed by atoms with Gasteiger partial charge in [0.05, 0.1) is 32.9 Å². The van der Waals surface area contributed by atoms with E-state index in [-0.39, 0.29) is 17.9 Å².